The lowest BCUT2D eigenvalue weighted by molar-refractivity contribution is 0.0691. The summed E-state index contributed by atoms with van der Waals surface area (Å²) in [7, 11) is -3.89. The number of sulfonamides is 1. The molecular weight excluding hydrogens is 297 g/mol. The van der Waals surface area contributed by atoms with Crippen LogP contribution in [-0.2, 0) is 10.0 Å². The van der Waals surface area contributed by atoms with E-state index < -0.39 is 27.4 Å². The zero-order chi connectivity index (χ0) is 16.4. The van der Waals surface area contributed by atoms with Crippen molar-refractivity contribution < 1.29 is 22.7 Å². The molecule has 0 aliphatic carbocycles. The number of benzene rings is 1. The van der Waals surface area contributed by atoms with Gasteiger partial charge in [-0.05, 0) is 37.0 Å². The average Bonchev–Trinajstić information content (AvgIpc) is 2.38. The van der Waals surface area contributed by atoms with Gasteiger partial charge in [-0.1, -0.05) is 20.8 Å². The molecule has 0 radical (unpaired) electrons. The van der Waals surface area contributed by atoms with Gasteiger partial charge in [0.2, 0.25) is 10.0 Å². The summed E-state index contributed by atoms with van der Waals surface area (Å²) in [6.45, 7) is 6.96. The first-order valence-corrected chi connectivity index (χ1v) is 8.14. The van der Waals surface area contributed by atoms with E-state index >= 15 is 0 Å². The lowest BCUT2D eigenvalue weighted by Gasteiger charge is -2.21. The largest absolute Gasteiger partial charge is 0.478 e. The molecule has 1 atom stereocenters. The highest BCUT2D eigenvalue weighted by Crippen LogP contribution is 2.20. The van der Waals surface area contributed by atoms with E-state index in [1.807, 2.05) is 20.8 Å². The molecule has 0 saturated heterocycles. The summed E-state index contributed by atoms with van der Waals surface area (Å²) in [4.78, 5) is 10.7. The summed E-state index contributed by atoms with van der Waals surface area (Å²) in [6, 6.07) is 1.71. The Hall–Kier alpha value is -1.47. The van der Waals surface area contributed by atoms with Gasteiger partial charge in [0.15, 0.2) is 0 Å². The van der Waals surface area contributed by atoms with Gasteiger partial charge in [0, 0.05) is 6.04 Å². The van der Waals surface area contributed by atoms with Gasteiger partial charge >= 0.3 is 5.97 Å². The minimum atomic E-state index is -3.89. The van der Waals surface area contributed by atoms with Gasteiger partial charge in [0.25, 0.3) is 0 Å². The monoisotopic (exact) mass is 317 g/mol. The quantitative estimate of drug-likeness (QED) is 0.844. The lowest BCUT2D eigenvalue weighted by Crippen LogP contribution is -2.38. The van der Waals surface area contributed by atoms with Crippen LogP contribution in [-0.4, -0.2) is 25.5 Å². The van der Waals surface area contributed by atoms with Crippen LogP contribution >= 0.6 is 0 Å². The van der Waals surface area contributed by atoms with Gasteiger partial charge in [0.1, 0.15) is 5.82 Å². The highest BCUT2D eigenvalue weighted by atomic mass is 32.2. The van der Waals surface area contributed by atoms with Gasteiger partial charge in [-0.2, -0.15) is 0 Å². The second kappa shape index (κ2) is 6.53. The van der Waals surface area contributed by atoms with Gasteiger partial charge in [-0.25, -0.2) is 22.3 Å². The van der Waals surface area contributed by atoms with Crippen LogP contribution < -0.4 is 4.72 Å². The Morgan fingerprint density at radius 1 is 1.38 bits per heavy atom. The van der Waals surface area contributed by atoms with Gasteiger partial charge in [-0.15, -0.1) is 0 Å². The SMILES string of the molecule is CCC(NS(=O)(=O)c1cc(C)c(F)c(C(=O)O)c1)C(C)C. The summed E-state index contributed by atoms with van der Waals surface area (Å²) in [5, 5.41) is 8.94. The first-order valence-electron chi connectivity index (χ1n) is 6.66. The highest BCUT2D eigenvalue weighted by Gasteiger charge is 2.24. The molecule has 0 aromatic heterocycles. The van der Waals surface area contributed by atoms with E-state index in [1.165, 1.54) is 6.92 Å². The number of hydrogen-bond donors (Lipinski definition) is 2. The predicted molar refractivity (Wildman–Crippen MR) is 77.3 cm³/mol. The van der Waals surface area contributed by atoms with E-state index in [9.17, 15) is 17.6 Å². The molecule has 21 heavy (non-hydrogen) atoms. The third kappa shape index (κ3) is 4.01. The molecule has 7 heteroatoms. The Balaban J connectivity index is 3.29. The molecule has 1 rings (SSSR count). The fourth-order valence-electron chi connectivity index (χ4n) is 2.01. The van der Waals surface area contributed by atoms with Crippen LogP contribution in [0, 0.1) is 18.7 Å². The van der Waals surface area contributed by atoms with E-state index in [0.717, 1.165) is 12.1 Å². The van der Waals surface area contributed by atoms with Crippen LogP contribution in [0.25, 0.3) is 0 Å². The van der Waals surface area contributed by atoms with Crippen LogP contribution in [0.1, 0.15) is 43.1 Å². The number of aromatic carboxylic acids is 1. The Bertz CT molecular complexity index is 641. The molecule has 0 bridgehead atoms. The molecule has 1 aromatic rings. The number of carboxylic acid groups (broad SMARTS) is 1. The molecule has 0 aliphatic heterocycles. The molecule has 0 amide bonds. The minimum absolute atomic E-state index is 0.0205. The Morgan fingerprint density at radius 2 is 1.95 bits per heavy atom. The fourth-order valence-corrected chi connectivity index (χ4v) is 3.58. The molecule has 5 nitrogen and oxygen atoms in total. The Labute approximate surface area is 124 Å². The van der Waals surface area contributed by atoms with E-state index in [2.05, 4.69) is 4.72 Å². The number of carbonyl (C=O) groups is 1. The van der Waals surface area contributed by atoms with Crippen molar-refractivity contribution in [2.75, 3.05) is 0 Å². The van der Waals surface area contributed by atoms with Crippen LogP contribution in [0.2, 0.25) is 0 Å². The first-order chi connectivity index (χ1) is 9.60. The van der Waals surface area contributed by atoms with Crippen molar-refractivity contribution in [3.8, 4) is 0 Å². The smallest absolute Gasteiger partial charge is 0.338 e. The summed E-state index contributed by atoms with van der Waals surface area (Å²) < 4.78 is 40.8. The number of nitrogens with one attached hydrogen (secondary N) is 1. The van der Waals surface area contributed by atoms with Crippen LogP contribution in [0.5, 0.6) is 0 Å². The second-order valence-corrected chi connectivity index (χ2v) is 7.00. The molecule has 0 heterocycles. The van der Waals surface area contributed by atoms with Crippen LogP contribution in [0.15, 0.2) is 17.0 Å². The number of carboxylic acids is 1. The zero-order valence-corrected chi connectivity index (χ0v) is 13.3. The van der Waals surface area contributed by atoms with Gasteiger partial charge < -0.3 is 5.11 Å². The average molecular weight is 317 g/mol. The Morgan fingerprint density at radius 3 is 2.38 bits per heavy atom. The summed E-state index contributed by atoms with van der Waals surface area (Å²) in [5.41, 5.74) is -0.666. The number of aryl methyl sites for hydroxylation is 1. The third-order valence-electron chi connectivity index (χ3n) is 3.32. The molecule has 0 aliphatic rings. The van der Waals surface area contributed by atoms with Crippen molar-refractivity contribution >= 4 is 16.0 Å². The molecule has 1 aromatic carbocycles. The van der Waals surface area contributed by atoms with Crippen molar-refractivity contribution in [1.29, 1.82) is 0 Å². The second-order valence-electron chi connectivity index (χ2n) is 5.29. The van der Waals surface area contributed by atoms with E-state index in [-0.39, 0.29) is 22.4 Å². The normalized spacial score (nSPS) is 13.4. The summed E-state index contributed by atoms with van der Waals surface area (Å²) in [5.74, 6) is -2.33. The summed E-state index contributed by atoms with van der Waals surface area (Å²) >= 11 is 0. The van der Waals surface area contributed by atoms with Crippen LogP contribution in [0.4, 0.5) is 4.39 Å². The predicted octanol–water partition coefficient (Wildman–Crippen LogP) is 2.55. The molecule has 1 unspecified atom stereocenters. The van der Waals surface area contributed by atoms with Crippen molar-refractivity contribution in [2.45, 2.75) is 45.1 Å². The molecule has 118 valence electrons. The lowest BCUT2D eigenvalue weighted by atomic mass is 10.0. The third-order valence-corrected chi connectivity index (χ3v) is 4.79. The maximum Gasteiger partial charge on any atom is 0.338 e. The van der Waals surface area contributed by atoms with Crippen molar-refractivity contribution in [3.05, 3.63) is 29.1 Å². The number of rotatable bonds is 6. The first kappa shape index (κ1) is 17.6. The highest BCUT2D eigenvalue weighted by molar-refractivity contribution is 7.89. The van der Waals surface area contributed by atoms with Crippen molar-refractivity contribution in [3.63, 3.8) is 0 Å². The van der Waals surface area contributed by atoms with Crippen LogP contribution in [0.3, 0.4) is 0 Å². The Kier molecular flexibility index (Phi) is 5.47. The van der Waals surface area contributed by atoms with E-state index in [1.54, 1.807) is 0 Å². The number of halogens is 1. The standard InChI is InChI=1S/C14H20FNO4S/c1-5-12(8(2)3)16-21(19,20)10-6-9(4)13(15)11(7-10)14(17)18/h6-8,12,16H,5H2,1-4H3,(H,17,18). The molecule has 0 spiro atoms. The molecule has 0 saturated carbocycles. The minimum Gasteiger partial charge on any atom is -0.478 e. The zero-order valence-electron chi connectivity index (χ0n) is 12.5. The topological polar surface area (TPSA) is 83.5 Å². The van der Waals surface area contributed by atoms with Crippen molar-refractivity contribution in [2.24, 2.45) is 5.92 Å². The van der Waals surface area contributed by atoms with Gasteiger partial charge in [-0.3, -0.25) is 0 Å². The van der Waals surface area contributed by atoms with Crippen molar-refractivity contribution in [1.82, 2.24) is 4.72 Å². The maximum absolute atomic E-state index is 13.7. The fraction of sp³-hybridized carbons (Fsp3) is 0.500. The van der Waals surface area contributed by atoms with E-state index in [0.29, 0.717) is 6.42 Å². The molecule has 2 N–H and O–H groups in total. The number of hydrogen-bond acceptors (Lipinski definition) is 3. The molecular formula is C14H20FNO4S. The maximum atomic E-state index is 13.7. The van der Waals surface area contributed by atoms with E-state index in [4.69, 9.17) is 5.11 Å². The summed E-state index contributed by atoms with van der Waals surface area (Å²) in [6.07, 6.45) is 0.600. The van der Waals surface area contributed by atoms with Gasteiger partial charge in [0.05, 0.1) is 10.5 Å². The molecule has 0 fully saturated rings.